The zero-order valence-electron chi connectivity index (χ0n) is 9.06. The van der Waals surface area contributed by atoms with E-state index in [1.807, 2.05) is 18.2 Å². The van der Waals surface area contributed by atoms with Crippen molar-refractivity contribution in [2.75, 3.05) is 18.8 Å². The van der Waals surface area contributed by atoms with Gasteiger partial charge in [0.25, 0.3) is 0 Å². The molecule has 0 aliphatic heterocycles. The Hall–Kier alpha value is -0.390. The minimum atomic E-state index is -4.13. The lowest BCUT2D eigenvalue weighted by molar-refractivity contribution is -0.124. The van der Waals surface area contributed by atoms with E-state index >= 15 is 0 Å². The summed E-state index contributed by atoms with van der Waals surface area (Å²) in [7, 11) is 0. The predicted molar refractivity (Wildman–Crippen MR) is 66.5 cm³/mol. The highest BCUT2D eigenvalue weighted by molar-refractivity contribution is 7.98. The summed E-state index contributed by atoms with van der Waals surface area (Å²) >= 11 is 7.50. The van der Waals surface area contributed by atoms with Gasteiger partial charge in [-0.05, 0) is 11.6 Å². The first-order valence-corrected chi connectivity index (χ1v) is 6.61. The smallest absolute Gasteiger partial charge is 0.308 e. The van der Waals surface area contributed by atoms with E-state index < -0.39 is 12.7 Å². The third-order valence-electron chi connectivity index (χ3n) is 1.96. The molecule has 0 radical (unpaired) electrons. The van der Waals surface area contributed by atoms with Crippen molar-refractivity contribution in [1.82, 2.24) is 5.32 Å². The first-order chi connectivity index (χ1) is 7.99. The maximum atomic E-state index is 11.8. The summed E-state index contributed by atoms with van der Waals surface area (Å²) in [5.74, 6) is 1.34. The third-order valence-corrected chi connectivity index (χ3v) is 3.34. The summed E-state index contributed by atoms with van der Waals surface area (Å²) in [6, 6.07) is 7.46. The molecule has 0 bridgehead atoms. The molecule has 0 saturated heterocycles. The van der Waals surface area contributed by atoms with E-state index in [2.05, 4.69) is 5.32 Å². The Morgan fingerprint density at radius 3 is 2.59 bits per heavy atom. The van der Waals surface area contributed by atoms with Gasteiger partial charge in [-0.3, -0.25) is 0 Å². The second-order valence-electron chi connectivity index (χ2n) is 3.44. The van der Waals surface area contributed by atoms with E-state index in [4.69, 9.17) is 11.6 Å². The Bertz CT molecular complexity index is 344. The van der Waals surface area contributed by atoms with Gasteiger partial charge >= 0.3 is 6.18 Å². The predicted octanol–water partition coefficient (Wildman–Crippen LogP) is 3.73. The second-order valence-corrected chi connectivity index (χ2v) is 4.95. The number of halogens is 4. The molecule has 0 aromatic heterocycles. The normalized spacial score (nSPS) is 11.8. The van der Waals surface area contributed by atoms with Gasteiger partial charge < -0.3 is 5.32 Å². The molecule has 0 heterocycles. The Labute approximate surface area is 108 Å². The van der Waals surface area contributed by atoms with Crippen LogP contribution in [0.4, 0.5) is 13.2 Å². The molecule has 0 fully saturated rings. The van der Waals surface area contributed by atoms with Gasteiger partial charge in [-0.15, -0.1) is 0 Å². The Morgan fingerprint density at radius 2 is 1.94 bits per heavy atom. The molecule has 0 spiro atoms. The van der Waals surface area contributed by atoms with Crippen molar-refractivity contribution < 1.29 is 13.2 Å². The quantitative estimate of drug-likeness (QED) is 0.799. The van der Waals surface area contributed by atoms with Crippen LogP contribution in [-0.4, -0.2) is 25.0 Å². The van der Waals surface area contributed by atoms with Crippen LogP contribution >= 0.6 is 23.4 Å². The van der Waals surface area contributed by atoms with E-state index in [0.29, 0.717) is 23.1 Å². The lowest BCUT2D eigenvalue weighted by Crippen LogP contribution is -2.30. The molecule has 0 aliphatic rings. The van der Waals surface area contributed by atoms with Crippen molar-refractivity contribution in [2.24, 2.45) is 0 Å². The fourth-order valence-corrected chi connectivity index (χ4v) is 2.36. The zero-order valence-corrected chi connectivity index (χ0v) is 10.6. The van der Waals surface area contributed by atoms with Crippen LogP contribution in [0.25, 0.3) is 0 Å². The molecule has 96 valence electrons. The third kappa shape index (κ3) is 6.81. The lowest BCUT2D eigenvalue weighted by atomic mass is 10.2. The molecule has 1 aromatic rings. The standard InChI is InChI=1S/C11H13ClF3NS/c12-10-4-2-1-3-9(10)7-17-6-5-16-8-11(13,14)15/h1-4,16H,5-8H2. The van der Waals surface area contributed by atoms with Gasteiger partial charge in [0.1, 0.15) is 0 Å². The minimum Gasteiger partial charge on any atom is -0.308 e. The number of hydrogen-bond acceptors (Lipinski definition) is 2. The summed E-state index contributed by atoms with van der Waals surface area (Å²) in [4.78, 5) is 0. The highest BCUT2D eigenvalue weighted by Gasteiger charge is 2.25. The van der Waals surface area contributed by atoms with E-state index in [1.54, 1.807) is 17.8 Å². The van der Waals surface area contributed by atoms with Crippen LogP contribution in [0.1, 0.15) is 5.56 Å². The number of alkyl halides is 3. The van der Waals surface area contributed by atoms with Crippen LogP contribution in [0.15, 0.2) is 24.3 Å². The van der Waals surface area contributed by atoms with Crippen molar-refractivity contribution >= 4 is 23.4 Å². The molecular formula is C11H13ClF3NS. The van der Waals surface area contributed by atoms with Gasteiger partial charge in [-0.25, -0.2) is 0 Å². The molecular weight excluding hydrogens is 271 g/mol. The molecule has 6 heteroatoms. The number of nitrogens with one attached hydrogen (secondary N) is 1. The minimum absolute atomic E-state index is 0.342. The van der Waals surface area contributed by atoms with Crippen LogP contribution in [0.5, 0.6) is 0 Å². The van der Waals surface area contributed by atoms with Crippen LogP contribution in [0.3, 0.4) is 0 Å². The molecule has 0 amide bonds. The molecule has 1 aromatic carbocycles. The Kier molecular flexibility index (Phi) is 6.16. The maximum Gasteiger partial charge on any atom is 0.401 e. The van der Waals surface area contributed by atoms with Crippen LogP contribution in [0.2, 0.25) is 5.02 Å². The highest BCUT2D eigenvalue weighted by atomic mass is 35.5. The van der Waals surface area contributed by atoms with Crippen LogP contribution in [0, 0.1) is 0 Å². The number of benzene rings is 1. The second kappa shape index (κ2) is 7.13. The van der Waals surface area contributed by atoms with Crippen LogP contribution in [-0.2, 0) is 5.75 Å². The van der Waals surface area contributed by atoms with Gasteiger partial charge in [-0.1, -0.05) is 29.8 Å². The average Bonchev–Trinajstić information content (AvgIpc) is 2.24. The first kappa shape index (κ1) is 14.7. The summed E-state index contributed by atoms with van der Waals surface area (Å²) in [6.45, 7) is -0.589. The molecule has 0 saturated carbocycles. The highest BCUT2D eigenvalue weighted by Crippen LogP contribution is 2.20. The number of thioether (sulfide) groups is 1. The molecule has 17 heavy (non-hydrogen) atoms. The average molecular weight is 284 g/mol. The SMILES string of the molecule is FC(F)(F)CNCCSCc1ccccc1Cl. The van der Waals surface area contributed by atoms with Crippen molar-refractivity contribution in [3.8, 4) is 0 Å². The van der Waals surface area contributed by atoms with Gasteiger partial charge in [0.15, 0.2) is 0 Å². The molecule has 1 N–H and O–H groups in total. The molecule has 0 unspecified atom stereocenters. The zero-order chi connectivity index (χ0) is 12.7. The Morgan fingerprint density at radius 1 is 1.24 bits per heavy atom. The lowest BCUT2D eigenvalue weighted by Gasteiger charge is -2.08. The van der Waals surface area contributed by atoms with Gasteiger partial charge in [0.05, 0.1) is 6.54 Å². The largest absolute Gasteiger partial charge is 0.401 e. The van der Waals surface area contributed by atoms with Gasteiger partial charge in [-0.2, -0.15) is 24.9 Å². The van der Waals surface area contributed by atoms with Crippen molar-refractivity contribution in [3.63, 3.8) is 0 Å². The van der Waals surface area contributed by atoms with E-state index in [1.165, 1.54) is 0 Å². The molecule has 0 atom stereocenters. The van der Waals surface area contributed by atoms with E-state index in [9.17, 15) is 13.2 Å². The van der Waals surface area contributed by atoms with Crippen molar-refractivity contribution in [3.05, 3.63) is 34.9 Å². The molecule has 1 nitrogen and oxygen atoms in total. The molecule has 0 aliphatic carbocycles. The first-order valence-electron chi connectivity index (χ1n) is 5.07. The number of rotatable bonds is 6. The van der Waals surface area contributed by atoms with Crippen LogP contribution < -0.4 is 5.32 Å². The topological polar surface area (TPSA) is 12.0 Å². The summed E-state index contributed by atoms with van der Waals surface area (Å²) in [6.07, 6.45) is -4.13. The monoisotopic (exact) mass is 283 g/mol. The van der Waals surface area contributed by atoms with Gasteiger partial charge in [0, 0.05) is 23.1 Å². The fraction of sp³-hybridized carbons (Fsp3) is 0.455. The van der Waals surface area contributed by atoms with Crippen molar-refractivity contribution in [1.29, 1.82) is 0 Å². The summed E-state index contributed by atoms with van der Waals surface area (Å²) < 4.78 is 35.4. The van der Waals surface area contributed by atoms with E-state index in [-0.39, 0.29) is 0 Å². The van der Waals surface area contributed by atoms with Gasteiger partial charge in [0.2, 0.25) is 0 Å². The van der Waals surface area contributed by atoms with E-state index in [0.717, 1.165) is 5.56 Å². The fourth-order valence-electron chi connectivity index (χ4n) is 1.17. The molecule has 1 rings (SSSR count). The maximum absolute atomic E-state index is 11.8. The van der Waals surface area contributed by atoms with Crippen molar-refractivity contribution in [2.45, 2.75) is 11.9 Å². The Balaban J connectivity index is 2.11. The summed E-state index contributed by atoms with van der Waals surface area (Å²) in [5.41, 5.74) is 1.01. The summed E-state index contributed by atoms with van der Waals surface area (Å²) in [5, 5.41) is 3.04. The number of hydrogen-bond donors (Lipinski definition) is 1.